The molecular formula is C21H18Cl2N2O5S. The van der Waals surface area contributed by atoms with Crippen molar-refractivity contribution in [3.63, 3.8) is 0 Å². The molecule has 2 aromatic rings. The second kappa shape index (κ2) is 7.85. The maximum Gasteiger partial charge on any atom is 0.267 e. The Morgan fingerprint density at radius 2 is 1.71 bits per heavy atom. The monoisotopic (exact) mass is 480 g/mol. The van der Waals surface area contributed by atoms with Crippen molar-refractivity contribution < 1.29 is 22.7 Å². The molecule has 0 atom stereocenters. The summed E-state index contributed by atoms with van der Waals surface area (Å²) in [5, 5.41) is 3.46. The molecule has 162 valence electrons. The van der Waals surface area contributed by atoms with Crippen LogP contribution in [0.1, 0.15) is 18.4 Å². The van der Waals surface area contributed by atoms with Gasteiger partial charge in [0, 0.05) is 27.7 Å². The Labute approximate surface area is 189 Å². The molecule has 0 unspecified atom stereocenters. The summed E-state index contributed by atoms with van der Waals surface area (Å²) in [5.74, 6) is -0.818. The normalized spacial score (nSPS) is 19.3. The average Bonchev–Trinajstić information content (AvgIpc) is 3.53. The number of sulfonamides is 1. The van der Waals surface area contributed by atoms with E-state index in [4.69, 9.17) is 27.9 Å². The van der Waals surface area contributed by atoms with E-state index >= 15 is 0 Å². The molecule has 0 radical (unpaired) electrons. The minimum atomic E-state index is -4.31. The Kier molecular flexibility index (Phi) is 5.49. The van der Waals surface area contributed by atoms with Gasteiger partial charge in [-0.25, -0.2) is 12.7 Å². The number of rotatable bonds is 4. The fourth-order valence-corrected chi connectivity index (χ4v) is 5.61. The number of ether oxygens (including phenoxy) is 1. The lowest BCUT2D eigenvalue weighted by atomic mass is 10.1. The maximum atomic E-state index is 13.5. The van der Waals surface area contributed by atoms with E-state index in [1.54, 1.807) is 18.2 Å². The first-order valence-electron chi connectivity index (χ1n) is 9.37. The van der Waals surface area contributed by atoms with Crippen molar-refractivity contribution in [2.24, 2.45) is 0 Å². The number of nitrogens with zero attached hydrogens (tertiary/aromatic N) is 1. The van der Waals surface area contributed by atoms with E-state index in [2.05, 4.69) is 5.32 Å². The van der Waals surface area contributed by atoms with Crippen LogP contribution < -0.4 is 10.1 Å². The first kappa shape index (κ1) is 21.7. The van der Waals surface area contributed by atoms with Crippen molar-refractivity contribution in [3.8, 4) is 5.75 Å². The van der Waals surface area contributed by atoms with Gasteiger partial charge in [0.15, 0.2) is 0 Å². The lowest BCUT2D eigenvalue weighted by Crippen LogP contribution is -2.51. The van der Waals surface area contributed by atoms with Gasteiger partial charge in [0.1, 0.15) is 11.3 Å². The summed E-state index contributed by atoms with van der Waals surface area (Å²) in [4.78, 5) is 26.2. The number of halogens is 2. The number of benzene rings is 2. The van der Waals surface area contributed by atoms with E-state index in [0.717, 1.165) is 0 Å². The molecule has 31 heavy (non-hydrogen) atoms. The van der Waals surface area contributed by atoms with Gasteiger partial charge in [0.05, 0.1) is 12.0 Å². The number of hydrogen-bond donors (Lipinski definition) is 1. The predicted octanol–water partition coefficient (Wildman–Crippen LogP) is 3.27. The van der Waals surface area contributed by atoms with Crippen LogP contribution in [0.25, 0.3) is 6.08 Å². The van der Waals surface area contributed by atoms with Gasteiger partial charge in [-0.2, -0.15) is 0 Å². The van der Waals surface area contributed by atoms with Gasteiger partial charge in [0.25, 0.3) is 15.9 Å². The molecule has 2 aliphatic rings. The van der Waals surface area contributed by atoms with E-state index in [1.807, 2.05) is 0 Å². The van der Waals surface area contributed by atoms with Gasteiger partial charge >= 0.3 is 0 Å². The molecule has 10 heteroatoms. The van der Waals surface area contributed by atoms with Crippen LogP contribution in [0.5, 0.6) is 5.75 Å². The summed E-state index contributed by atoms with van der Waals surface area (Å²) in [5.41, 5.74) is -0.845. The number of hydrogen-bond acceptors (Lipinski definition) is 5. The third-order valence-electron chi connectivity index (χ3n) is 5.31. The standard InChI is InChI=1S/C21H18Cl2N2O5S/c1-30-18-7-4-16(23)11-13(18)10-14-12-24-20(27)21(8-9-21)25(19(14)26)31(28,29)17-5-2-15(22)3-6-17/h2-7,10-11H,8-9,12H2,1H3,(H,24,27)/b14-10+. The Balaban J connectivity index is 1.84. The smallest absolute Gasteiger partial charge is 0.267 e. The van der Waals surface area contributed by atoms with Crippen LogP contribution in [0, 0.1) is 0 Å². The number of carbonyl (C=O) groups excluding carboxylic acids is 2. The van der Waals surface area contributed by atoms with Crippen LogP contribution in [0.2, 0.25) is 10.0 Å². The number of amides is 2. The molecular weight excluding hydrogens is 463 g/mol. The molecule has 7 nitrogen and oxygen atoms in total. The van der Waals surface area contributed by atoms with E-state index in [-0.39, 0.29) is 29.9 Å². The van der Waals surface area contributed by atoms with Gasteiger partial charge in [-0.1, -0.05) is 23.2 Å². The third-order valence-corrected chi connectivity index (χ3v) is 7.66. The topological polar surface area (TPSA) is 92.8 Å². The Morgan fingerprint density at radius 3 is 2.32 bits per heavy atom. The van der Waals surface area contributed by atoms with Crippen molar-refractivity contribution in [2.45, 2.75) is 23.3 Å². The Morgan fingerprint density at radius 1 is 1.06 bits per heavy atom. The average molecular weight is 481 g/mol. The van der Waals surface area contributed by atoms with E-state index in [9.17, 15) is 18.0 Å². The summed E-state index contributed by atoms with van der Waals surface area (Å²) in [6.07, 6.45) is 2.00. The van der Waals surface area contributed by atoms with E-state index in [0.29, 0.717) is 25.7 Å². The first-order chi connectivity index (χ1) is 14.7. The first-order valence-corrected chi connectivity index (χ1v) is 11.6. The highest BCUT2D eigenvalue weighted by Crippen LogP contribution is 2.47. The van der Waals surface area contributed by atoms with Crippen LogP contribution in [-0.2, 0) is 19.6 Å². The third kappa shape index (κ3) is 3.79. The summed E-state index contributed by atoms with van der Waals surface area (Å²) in [7, 11) is -2.84. The summed E-state index contributed by atoms with van der Waals surface area (Å²) < 4.78 is 32.9. The highest BCUT2D eigenvalue weighted by atomic mass is 35.5. The van der Waals surface area contributed by atoms with Crippen molar-refractivity contribution >= 4 is 51.1 Å². The summed E-state index contributed by atoms with van der Waals surface area (Å²) in [6, 6.07) is 10.3. The second-order valence-corrected chi connectivity index (χ2v) is 9.96. The van der Waals surface area contributed by atoms with Crippen LogP contribution in [-0.4, -0.2) is 43.7 Å². The number of nitrogens with one attached hydrogen (secondary N) is 1. The zero-order valence-corrected chi connectivity index (χ0v) is 18.7. The molecule has 1 heterocycles. The van der Waals surface area contributed by atoms with Gasteiger partial charge in [-0.05, 0) is 61.4 Å². The summed E-state index contributed by atoms with van der Waals surface area (Å²) >= 11 is 12.0. The van der Waals surface area contributed by atoms with Crippen LogP contribution in [0.3, 0.4) is 0 Å². The fraction of sp³-hybridized carbons (Fsp3) is 0.238. The predicted molar refractivity (Wildman–Crippen MR) is 116 cm³/mol. The molecule has 1 N–H and O–H groups in total. The van der Waals surface area contributed by atoms with Gasteiger partial charge in [0.2, 0.25) is 5.91 Å². The molecule has 1 aliphatic heterocycles. The molecule has 4 rings (SSSR count). The molecule has 1 saturated carbocycles. The van der Waals surface area contributed by atoms with E-state index in [1.165, 1.54) is 37.5 Å². The molecule has 2 amide bonds. The zero-order chi connectivity index (χ0) is 22.4. The minimum absolute atomic E-state index is 0.0928. The lowest BCUT2D eigenvalue weighted by Gasteiger charge is -2.28. The quantitative estimate of drug-likeness (QED) is 0.677. The second-order valence-electron chi connectivity index (χ2n) is 7.30. The maximum absolute atomic E-state index is 13.5. The molecule has 2 fully saturated rings. The SMILES string of the molecule is COc1ccc(Cl)cc1/C=C1\CNC(=O)C2(CC2)N(S(=O)(=O)c2ccc(Cl)cc2)C1=O. The van der Waals surface area contributed by atoms with Gasteiger partial charge < -0.3 is 10.1 Å². The van der Waals surface area contributed by atoms with Gasteiger partial charge in [-0.3, -0.25) is 9.59 Å². The molecule has 1 saturated heterocycles. The molecule has 0 aromatic heterocycles. The number of carbonyl (C=O) groups is 2. The molecule has 1 aliphatic carbocycles. The Hall–Kier alpha value is -2.55. The summed E-state index contributed by atoms with van der Waals surface area (Å²) in [6.45, 7) is -0.123. The minimum Gasteiger partial charge on any atom is -0.496 e. The highest BCUT2D eigenvalue weighted by Gasteiger charge is 2.62. The highest BCUT2D eigenvalue weighted by molar-refractivity contribution is 7.89. The van der Waals surface area contributed by atoms with Crippen molar-refractivity contribution in [1.29, 1.82) is 0 Å². The Bertz CT molecular complexity index is 1200. The zero-order valence-electron chi connectivity index (χ0n) is 16.4. The van der Waals surface area contributed by atoms with Crippen molar-refractivity contribution in [3.05, 3.63) is 63.6 Å². The molecule has 0 bridgehead atoms. The van der Waals surface area contributed by atoms with Crippen molar-refractivity contribution in [1.82, 2.24) is 9.62 Å². The largest absolute Gasteiger partial charge is 0.496 e. The van der Waals surface area contributed by atoms with Crippen LogP contribution >= 0.6 is 23.2 Å². The van der Waals surface area contributed by atoms with Gasteiger partial charge in [-0.15, -0.1) is 0 Å². The van der Waals surface area contributed by atoms with Crippen LogP contribution in [0.15, 0.2) is 52.9 Å². The fourth-order valence-electron chi connectivity index (χ4n) is 3.55. The number of methoxy groups -OCH3 is 1. The van der Waals surface area contributed by atoms with Crippen molar-refractivity contribution in [2.75, 3.05) is 13.7 Å². The van der Waals surface area contributed by atoms with E-state index < -0.39 is 27.4 Å². The molecule has 1 spiro atoms. The lowest BCUT2D eigenvalue weighted by molar-refractivity contribution is -0.132. The molecule has 2 aromatic carbocycles. The van der Waals surface area contributed by atoms with Crippen LogP contribution in [0.4, 0.5) is 0 Å².